The lowest BCUT2D eigenvalue weighted by Gasteiger charge is -2.23. The molecule has 0 fully saturated rings. The van der Waals surface area contributed by atoms with Crippen LogP contribution in [-0.2, 0) is 10.2 Å². The molecular weight excluding hydrogens is 423 g/mol. The topological polar surface area (TPSA) is 69.0 Å². The lowest BCUT2D eigenvalue weighted by Crippen LogP contribution is -2.23. The molecule has 158 valence electrons. The van der Waals surface area contributed by atoms with Crippen molar-refractivity contribution in [1.29, 1.82) is 0 Å². The van der Waals surface area contributed by atoms with Gasteiger partial charge in [0.25, 0.3) is 5.91 Å². The van der Waals surface area contributed by atoms with Crippen molar-refractivity contribution < 1.29 is 9.53 Å². The molecular formula is C22H24Cl2N4O2. The quantitative estimate of drug-likeness (QED) is 0.560. The van der Waals surface area contributed by atoms with E-state index in [4.69, 9.17) is 27.9 Å². The van der Waals surface area contributed by atoms with Crippen LogP contribution < -0.4 is 10.1 Å². The molecule has 2 heterocycles. The van der Waals surface area contributed by atoms with Gasteiger partial charge in [0.05, 0.1) is 15.7 Å². The van der Waals surface area contributed by atoms with Gasteiger partial charge < -0.3 is 10.1 Å². The number of rotatable bonds is 5. The number of aromatic nitrogens is 3. The average Bonchev–Trinajstić information content (AvgIpc) is 2.99. The summed E-state index contributed by atoms with van der Waals surface area (Å²) in [4.78, 5) is 16.8. The minimum Gasteiger partial charge on any atom is -0.483 e. The molecule has 3 aromatic rings. The zero-order valence-electron chi connectivity index (χ0n) is 17.6. The van der Waals surface area contributed by atoms with Gasteiger partial charge in [0.1, 0.15) is 11.6 Å². The number of pyridine rings is 1. The predicted molar refractivity (Wildman–Crippen MR) is 120 cm³/mol. The third kappa shape index (κ3) is 5.12. The standard InChI is InChI=1S/C22H24Cl2N4O2/c1-13-6-7-18(16(8-13)22(3,4)5)30-12-20(29)26-19-9-14(2)27-28(19)21-17(24)10-15(23)11-25-21/h6-11H,12H2,1-5H3,(H,26,29). The Balaban J connectivity index is 1.77. The van der Waals surface area contributed by atoms with Crippen LogP contribution in [0, 0.1) is 13.8 Å². The van der Waals surface area contributed by atoms with Gasteiger partial charge in [-0.1, -0.05) is 61.7 Å². The molecule has 2 aromatic heterocycles. The van der Waals surface area contributed by atoms with Crippen molar-refractivity contribution in [3.8, 4) is 11.6 Å². The van der Waals surface area contributed by atoms with Crippen molar-refractivity contribution in [2.75, 3.05) is 11.9 Å². The molecule has 0 aliphatic heterocycles. The van der Waals surface area contributed by atoms with E-state index in [9.17, 15) is 4.79 Å². The molecule has 8 heteroatoms. The van der Waals surface area contributed by atoms with Gasteiger partial charge in [-0.2, -0.15) is 9.78 Å². The first-order chi connectivity index (χ1) is 14.0. The zero-order chi connectivity index (χ0) is 22.1. The molecule has 0 radical (unpaired) electrons. The number of ether oxygens (including phenoxy) is 1. The number of aryl methyl sites for hydroxylation is 2. The molecule has 30 heavy (non-hydrogen) atoms. The highest BCUT2D eigenvalue weighted by Crippen LogP contribution is 2.32. The van der Waals surface area contributed by atoms with Crippen LogP contribution in [0.15, 0.2) is 36.5 Å². The maximum atomic E-state index is 12.6. The van der Waals surface area contributed by atoms with Gasteiger partial charge in [-0.25, -0.2) is 4.98 Å². The Bertz CT molecular complexity index is 1090. The number of benzene rings is 1. The van der Waals surface area contributed by atoms with Gasteiger partial charge in [-0.15, -0.1) is 0 Å². The van der Waals surface area contributed by atoms with E-state index in [1.165, 1.54) is 10.9 Å². The lowest BCUT2D eigenvalue weighted by molar-refractivity contribution is -0.118. The Kier molecular flexibility index (Phi) is 6.38. The van der Waals surface area contributed by atoms with Crippen molar-refractivity contribution in [1.82, 2.24) is 14.8 Å². The first-order valence-electron chi connectivity index (χ1n) is 9.46. The maximum Gasteiger partial charge on any atom is 0.263 e. The first kappa shape index (κ1) is 22.1. The Hall–Kier alpha value is -2.57. The summed E-state index contributed by atoms with van der Waals surface area (Å²) in [5, 5.41) is 7.93. The normalized spacial score (nSPS) is 11.4. The van der Waals surface area contributed by atoms with Crippen LogP contribution in [0.5, 0.6) is 5.75 Å². The number of amides is 1. The Labute approximate surface area is 186 Å². The second-order valence-electron chi connectivity index (χ2n) is 8.13. The molecule has 0 aliphatic carbocycles. The molecule has 0 bridgehead atoms. The molecule has 3 rings (SSSR count). The molecule has 0 saturated carbocycles. The van der Waals surface area contributed by atoms with Crippen LogP contribution in [0.3, 0.4) is 0 Å². The van der Waals surface area contributed by atoms with Crippen molar-refractivity contribution in [2.24, 2.45) is 0 Å². The first-order valence-corrected chi connectivity index (χ1v) is 10.2. The van der Waals surface area contributed by atoms with E-state index < -0.39 is 0 Å². The molecule has 0 spiro atoms. The summed E-state index contributed by atoms with van der Waals surface area (Å²) >= 11 is 12.2. The molecule has 0 unspecified atom stereocenters. The van der Waals surface area contributed by atoms with Gasteiger partial charge in [0.2, 0.25) is 0 Å². The number of halogens is 2. The monoisotopic (exact) mass is 446 g/mol. The molecule has 0 aliphatic rings. The highest BCUT2D eigenvalue weighted by Gasteiger charge is 2.20. The van der Waals surface area contributed by atoms with Crippen LogP contribution in [-0.4, -0.2) is 27.3 Å². The van der Waals surface area contributed by atoms with Crippen molar-refractivity contribution in [3.05, 3.63) is 63.4 Å². The molecule has 1 aromatic carbocycles. The van der Waals surface area contributed by atoms with E-state index in [-0.39, 0.29) is 17.9 Å². The van der Waals surface area contributed by atoms with Gasteiger partial charge in [-0.05, 0) is 37.0 Å². The third-order valence-electron chi connectivity index (χ3n) is 4.39. The molecule has 1 amide bonds. The van der Waals surface area contributed by atoms with Gasteiger partial charge in [0, 0.05) is 12.3 Å². The summed E-state index contributed by atoms with van der Waals surface area (Å²) in [5.41, 5.74) is 2.79. The zero-order valence-corrected chi connectivity index (χ0v) is 19.1. The van der Waals surface area contributed by atoms with E-state index >= 15 is 0 Å². The smallest absolute Gasteiger partial charge is 0.263 e. The number of hydrogen-bond acceptors (Lipinski definition) is 4. The van der Waals surface area contributed by atoms with Crippen molar-refractivity contribution in [3.63, 3.8) is 0 Å². The molecule has 1 N–H and O–H groups in total. The van der Waals surface area contributed by atoms with Gasteiger partial charge in [0.15, 0.2) is 12.4 Å². The lowest BCUT2D eigenvalue weighted by atomic mass is 9.85. The summed E-state index contributed by atoms with van der Waals surface area (Å²) in [6, 6.07) is 9.25. The second-order valence-corrected chi connectivity index (χ2v) is 8.97. The van der Waals surface area contributed by atoms with Crippen LogP contribution in [0.1, 0.15) is 37.6 Å². The summed E-state index contributed by atoms with van der Waals surface area (Å²) < 4.78 is 7.31. The fourth-order valence-electron chi connectivity index (χ4n) is 2.99. The van der Waals surface area contributed by atoms with Crippen LogP contribution >= 0.6 is 23.2 Å². The largest absolute Gasteiger partial charge is 0.483 e. The van der Waals surface area contributed by atoms with Gasteiger partial charge in [-0.3, -0.25) is 4.79 Å². The van der Waals surface area contributed by atoms with Crippen LogP contribution in [0.25, 0.3) is 5.82 Å². The number of hydrogen-bond donors (Lipinski definition) is 1. The summed E-state index contributed by atoms with van der Waals surface area (Å²) in [6.07, 6.45) is 1.47. The second kappa shape index (κ2) is 8.66. The maximum absolute atomic E-state index is 12.6. The van der Waals surface area contributed by atoms with Crippen LogP contribution in [0.2, 0.25) is 10.0 Å². The number of carbonyl (C=O) groups excluding carboxylic acids is 1. The number of nitrogens with one attached hydrogen (secondary N) is 1. The average molecular weight is 447 g/mol. The van der Waals surface area contributed by atoms with Crippen molar-refractivity contribution in [2.45, 2.75) is 40.0 Å². The number of carbonyl (C=O) groups is 1. The van der Waals surface area contributed by atoms with Crippen LogP contribution in [0.4, 0.5) is 5.82 Å². The SMILES string of the molecule is Cc1ccc(OCC(=O)Nc2cc(C)nn2-c2ncc(Cl)cc2Cl)c(C(C)(C)C)c1. The fourth-order valence-corrected chi connectivity index (χ4v) is 3.45. The Morgan fingerprint density at radius 3 is 2.57 bits per heavy atom. The summed E-state index contributed by atoms with van der Waals surface area (Å²) in [6.45, 7) is 10.0. The number of nitrogens with zero attached hydrogens (tertiary/aromatic N) is 3. The van der Waals surface area contributed by atoms with E-state index in [1.807, 2.05) is 26.0 Å². The fraction of sp³-hybridized carbons (Fsp3) is 0.318. The van der Waals surface area contributed by atoms with E-state index in [0.29, 0.717) is 33.1 Å². The van der Waals surface area contributed by atoms with Gasteiger partial charge >= 0.3 is 0 Å². The summed E-state index contributed by atoms with van der Waals surface area (Å²) in [7, 11) is 0. The minimum atomic E-state index is -0.318. The summed E-state index contributed by atoms with van der Waals surface area (Å²) in [5.74, 6) is 1.19. The molecule has 0 atom stereocenters. The van der Waals surface area contributed by atoms with E-state index in [2.05, 4.69) is 42.2 Å². The highest BCUT2D eigenvalue weighted by atomic mass is 35.5. The third-order valence-corrected chi connectivity index (χ3v) is 4.87. The van der Waals surface area contributed by atoms with E-state index in [1.54, 1.807) is 12.1 Å². The molecule has 6 nitrogen and oxygen atoms in total. The van der Waals surface area contributed by atoms with Crippen molar-refractivity contribution >= 4 is 34.9 Å². The predicted octanol–water partition coefficient (Wildman–Crippen LogP) is 5.51. The Morgan fingerprint density at radius 1 is 1.17 bits per heavy atom. The van der Waals surface area contributed by atoms with E-state index in [0.717, 1.165) is 11.1 Å². The Morgan fingerprint density at radius 2 is 1.90 bits per heavy atom. The molecule has 0 saturated heterocycles. The highest BCUT2D eigenvalue weighted by molar-refractivity contribution is 6.35. The minimum absolute atomic E-state index is 0.107. The number of anilines is 1.